The highest BCUT2D eigenvalue weighted by molar-refractivity contribution is 5.35. The van der Waals surface area contributed by atoms with Gasteiger partial charge >= 0.3 is 0 Å². The van der Waals surface area contributed by atoms with E-state index in [0.29, 0.717) is 17.7 Å². The molecule has 14 heavy (non-hydrogen) atoms. The first kappa shape index (κ1) is 8.68. The van der Waals surface area contributed by atoms with Crippen LogP contribution in [0.5, 0.6) is 0 Å². The Bertz CT molecular complexity index is 441. The average Bonchev–Trinajstić information content (AvgIpc) is 2.56. The minimum atomic E-state index is -0.282. The average molecular weight is 193 g/mol. The summed E-state index contributed by atoms with van der Waals surface area (Å²) in [6, 6.07) is 6.44. The van der Waals surface area contributed by atoms with Gasteiger partial charge in [-0.15, -0.1) is 0 Å². The summed E-state index contributed by atoms with van der Waals surface area (Å²) in [6.45, 7) is 0. The van der Waals surface area contributed by atoms with Crippen molar-refractivity contribution in [3.05, 3.63) is 41.3 Å². The molecule has 0 atom stereocenters. The first-order valence-electron chi connectivity index (χ1n) is 4.07. The standard InChI is InChI=1S/C9H8FN3O/c10-7-4-2-1-3-6(7)5-8-9(11)13-14-12-8/h1-4H,5H2,(H2,11,13). The number of benzene rings is 1. The summed E-state index contributed by atoms with van der Waals surface area (Å²) in [7, 11) is 0. The van der Waals surface area contributed by atoms with Crippen LogP contribution in [-0.4, -0.2) is 10.3 Å². The van der Waals surface area contributed by atoms with Gasteiger partial charge in [0.2, 0.25) is 0 Å². The van der Waals surface area contributed by atoms with Gasteiger partial charge in [-0.2, -0.15) is 0 Å². The highest BCUT2D eigenvalue weighted by Crippen LogP contribution is 2.14. The summed E-state index contributed by atoms with van der Waals surface area (Å²) in [4.78, 5) is 0. The van der Waals surface area contributed by atoms with Crippen LogP contribution in [0.2, 0.25) is 0 Å². The summed E-state index contributed by atoms with van der Waals surface area (Å²) in [6.07, 6.45) is 0.294. The normalized spacial score (nSPS) is 10.4. The number of halogens is 1. The van der Waals surface area contributed by atoms with E-state index in [9.17, 15) is 4.39 Å². The molecule has 0 unspecified atom stereocenters. The predicted octanol–water partition coefficient (Wildman–Crippen LogP) is 1.38. The lowest BCUT2D eigenvalue weighted by Crippen LogP contribution is -1.96. The van der Waals surface area contributed by atoms with Gasteiger partial charge in [0.05, 0.1) is 0 Å². The van der Waals surface area contributed by atoms with Crippen molar-refractivity contribution in [3.63, 3.8) is 0 Å². The summed E-state index contributed by atoms with van der Waals surface area (Å²) in [5, 5.41) is 6.99. The smallest absolute Gasteiger partial charge is 0.191 e. The summed E-state index contributed by atoms with van der Waals surface area (Å²) in [5.74, 6) is -0.0804. The molecule has 72 valence electrons. The van der Waals surface area contributed by atoms with E-state index in [1.807, 2.05) is 0 Å². The molecule has 0 bridgehead atoms. The quantitative estimate of drug-likeness (QED) is 0.782. The molecular formula is C9H8FN3O. The minimum Gasteiger partial charge on any atom is -0.379 e. The molecule has 1 heterocycles. The Balaban J connectivity index is 2.28. The van der Waals surface area contributed by atoms with Crippen LogP contribution in [0.25, 0.3) is 0 Å². The number of hydrogen-bond donors (Lipinski definition) is 1. The van der Waals surface area contributed by atoms with Crippen LogP contribution in [0.15, 0.2) is 28.9 Å². The molecular weight excluding hydrogens is 185 g/mol. The number of nitrogens with two attached hydrogens (primary N) is 1. The van der Waals surface area contributed by atoms with Crippen LogP contribution >= 0.6 is 0 Å². The maximum absolute atomic E-state index is 13.2. The number of aromatic nitrogens is 2. The van der Waals surface area contributed by atoms with Crippen molar-refractivity contribution in [2.45, 2.75) is 6.42 Å². The molecule has 0 aliphatic rings. The molecule has 0 aliphatic carbocycles. The molecule has 2 N–H and O–H groups in total. The highest BCUT2D eigenvalue weighted by atomic mass is 19.1. The number of nitrogen functional groups attached to an aromatic ring is 1. The van der Waals surface area contributed by atoms with Gasteiger partial charge in [-0.05, 0) is 16.8 Å². The summed E-state index contributed by atoms with van der Waals surface area (Å²) >= 11 is 0. The lowest BCUT2D eigenvalue weighted by molar-refractivity contribution is 0.305. The Kier molecular flexibility index (Phi) is 2.14. The molecule has 0 amide bonds. The molecule has 0 aliphatic heterocycles. The van der Waals surface area contributed by atoms with Crippen LogP contribution < -0.4 is 5.73 Å². The fourth-order valence-corrected chi connectivity index (χ4v) is 1.16. The van der Waals surface area contributed by atoms with Crippen LogP contribution in [0.1, 0.15) is 11.3 Å². The second-order valence-corrected chi connectivity index (χ2v) is 2.86. The van der Waals surface area contributed by atoms with Crippen molar-refractivity contribution in [2.24, 2.45) is 0 Å². The largest absolute Gasteiger partial charge is 0.379 e. The molecule has 4 nitrogen and oxygen atoms in total. The SMILES string of the molecule is Nc1nonc1Cc1ccccc1F. The fourth-order valence-electron chi connectivity index (χ4n) is 1.16. The Morgan fingerprint density at radius 3 is 2.71 bits per heavy atom. The van der Waals surface area contributed by atoms with E-state index in [-0.39, 0.29) is 11.6 Å². The van der Waals surface area contributed by atoms with Crippen LogP contribution in [-0.2, 0) is 6.42 Å². The zero-order valence-corrected chi connectivity index (χ0v) is 7.27. The van der Waals surface area contributed by atoms with E-state index < -0.39 is 0 Å². The van der Waals surface area contributed by atoms with Gasteiger partial charge in [0.1, 0.15) is 11.5 Å². The first-order valence-corrected chi connectivity index (χ1v) is 4.07. The Labute approximate surface area is 79.5 Å². The predicted molar refractivity (Wildman–Crippen MR) is 47.9 cm³/mol. The van der Waals surface area contributed by atoms with E-state index in [4.69, 9.17) is 5.73 Å². The van der Waals surface area contributed by atoms with Gasteiger partial charge < -0.3 is 5.73 Å². The van der Waals surface area contributed by atoms with E-state index >= 15 is 0 Å². The molecule has 0 saturated heterocycles. The van der Waals surface area contributed by atoms with E-state index in [2.05, 4.69) is 14.9 Å². The molecule has 0 spiro atoms. The third-order valence-corrected chi connectivity index (χ3v) is 1.90. The highest BCUT2D eigenvalue weighted by Gasteiger charge is 2.09. The lowest BCUT2D eigenvalue weighted by Gasteiger charge is -1.98. The summed E-state index contributed by atoms with van der Waals surface area (Å²) in [5.41, 5.74) is 6.43. The van der Waals surface area contributed by atoms with Gasteiger partial charge in [0.25, 0.3) is 0 Å². The molecule has 0 fully saturated rings. The van der Waals surface area contributed by atoms with Gasteiger partial charge in [-0.1, -0.05) is 23.4 Å². The van der Waals surface area contributed by atoms with Crippen molar-refractivity contribution in [2.75, 3.05) is 5.73 Å². The molecule has 1 aromatic carbocycles. The Morgan fingerprint density at radius 2 is 2.07 bits per heavy atom. The van der Waals surface area contributed by atoms with Gasteiger partial charge in [0.15, 0.2) is 5.82 Å². The van der Waals surface area contributed by atoms with E-state index in [1.54, 1.807) is 18.2 Å². The molecule has 2 aromatic rings. The molecule has 1 aromatic heterocycles. The molecule has 2 rings (SSSR count). The Hall–Kier alpha value is -1.91. The van der Waals surface area contributed by atoms with Crippen molar-refractivity contribution in [1.29, 1.82) is 0 Å². The number of anilines is 1. The number of rotatable bonds is 2. The van der Waals surface area contributed by atoms with Crippen molar-refractivity contribution < 1.29 is 9.02 Å². The Morgan fingerprint density at radius 1 is 1.29 bits per heavy atom. The molecule has 0 saturated carbocycles. The van der Waals surface area contributed by atoms with Crippen LogP contribution in [0.3, 0.4) is 0 Å². The lowest BCUT2D eigenvalue weighted by atomic mass is 10.1. The molecule has 5 heteroatoms. The van der Waals surface area contributed by atoms with Crippen molar-refractivity contribution in [3.8, 4) is 0 Å². The van der Waals surface area contributed by atoms with Gasteiger partial charge in [-0.25, -0.2) is 9.02 Å². The third kappa shape index (κ3) is 1.56. The number of nitrogens with zero attached hydrogens (tertiary/aromatic N) is 2. The third-order valence-electron chi connectivity index (χ3n) is 1.90. The second-order valence-electron chi connectivity index (χ2n) is 2.86. The van der Waals surface area contributed by atoms with Crippen LogP contribution in [0.4, 0.5) is 10.2 Å². The van der Waals surface area contributed by atoms with Crippen molar-refractivity contribution in [1.82, 2.24) is 10.3 Å². The maximum atomic E-state index is 13.2. The zero-order chi connectivity index (χ0) is 9.97. The fraction of sp³-hybridized carbons (Fsp3) is 0.111. The minimum absolute atomic E-state index is 0.202. The van der Waals surface area contributed by atoms with Gasteiger partial charge in [0, 0.05) is 6.42 Å². The number of hydrogen-bond acceptors (Lipinski definition) is 4. The monoisotopic (exact) mass is 193 g/mol. The van der Waals surface area contributed by atoms with Crippen LogP contribution in [0, 0.1) is 5.82 Å². The second kappa shape index (κ2) is 3.45. The topological polar surface area (TPSA) is 64.9 Å². The van der Waals surface area contributed by atoms with E-state index in [1.165, 1.54) is 6.07 Å². The summed E-state index contributed by atoms with van der Waals surface area (Å²) < 4.78 is 17.6. The van der Waals surface area contributed by atoms with E-state index in [0.717, 1.165) is 0 Å². The maximum Gasteiger partial charge on any atom is 0.191 e. The van der Waals surface area contributed by atoms with Gasteiger partial charge in [-0.3, -0.25) is 0 Å². The zero-order valence-electron chi connectivity index (χ0n) is 7.27. The van der Waals surface area contributed by atoms with Crippen molar-refractivity contribution >= 4 is 5.82 Å². The molecule has 0 radical (unpaired) electrons. The first-order chi connectivity index (χ1) is 6.77.